The molecule has 0 bridgehead atoms. The first kappa shape index (κ1) is 19.2. The summed E-state index contributed by atoms with van der Waals surface area (Å²) in [4.78, 5) is 27.0. The van der Waals surface area contributed by atoms with Gasteiger partial charge in [-0.15, -0.1) is 0 Å². The van der Waals surface area contributed by atoms with E-state index >= 15 is 0 Å². The highest BCUT2D eigenvalue weighted by atomic mass is 35.5. The third kappa shape index (κ3) is 4.38. The SMILES string of the molecule is C[C@@]1(NC(=O)[C@@H]2CCCN(C(=O)c3ccc(Cl)cc3)C2)CCS(=O)(=O)C1. The summed E-state index contributed by atoms with van der Waals surface area (Å²) < 4.78 is 23.4. The van der Waals surface area contributed by atoms with Crippen LogP contribution in [-0.2, 0) is 14.6 Å². The van der Waals surface area contributed by atoms with Crippen LogP contribution in [0.5, 0.6) is 0 Å². The van der Waals surface area contributed by atoms with Crippen molar-refractivity contribution in [1.82, 2.24) is 10.2 Å². The number of amides is 2. The third-order valence-corrected chi connectivity index (χ3v) is 7.25. The lowest BCUT2D eigenvalue weighted by atomic mass is 9.94. The number of likely N-dealkylation sites (tertiary alicyclic amines) is 1. The smallest absolute Gasteiger partial charge is 0.253 e. The lowest BCUT2D eigenvalue weighted by Crippen LogP contribution is -2.52. The molecule has 2 aliphatic rings. The standard InChI is InChI=1S/C18H23ClN2O4S/c1-18(8-10-26(24,25)12-18)20-16(22)14-3-2-9-21(11-14)17(23)13-4-6-15(19)7-5-13/h4-7,14H,2-3,8-12H2,1H3,(H,20,22)/t14-,18-/m1/s1. The molecule has 0 unspecified atom stereocenters. The van der Waals surface area contributed by atoms with E-state index in [9.17, 15) is 18.0 Å². The van der Waals surface area contributed by atoms with Crippen molar-refractivity contribution in [2.24, 2.45) is 5.92 Å². The van der Waals surface area contributed by atoms with Gasteiger partial charge in [-0.1, -0.05) is 11.6 Å². The summed E-state index contributed by atoms with van der Waals surface area (Å²) in [7, 11) is -3.08. The molecule has 2 aliphatic heterocycles. The molecule has 0 aromatic heterocycles. The summed E-state index contributed by atoms with van der Waals surface area (Å²) in [5, 5.41) is 3.48. The molecular weight excluding hydrogens is 376 g/mol. The zero-order valence-corrected chi connectivity index (χ0v) is 16.3. The second-order valence-corrected chi connectivity index (χ2v) is 10.1. The number of carbonyl (C=O) groups is 2. The van der Waals surface area contributed by atoms with Gasteiger partial charge in [0.2, 0.25) is 5.91 Å². The van der Waals surface area contributed by atoms with Crippen LogP contribution in [0.1, 0.15) is 36.5 Å². The quantitative estimate of drug-likeness (QED) is 0.842. The maximum Gasteiger partial charge on any atom is 0.253 e. The zero-order chi connectivity index (χ0) is 18.9. The van der Waals surface area contributed by atoms with Gasteiger partial charge in [0.25, 0.3) is 5.91 Å². The fourth-order valence-electron chi connectivity index (χ4n) is 3.66. The molecule has 1 N–H and O–H groups in total. The number of hydrogen-bond donors (Lipinski definition) is 1. The van der Waals surface area contributed by atoms with Gasteiger partial charge in [0, 0.05) is 23.7 Å². The minimum absolute atomic E-state index is 0.0219. The van der Waals surface area contributed by atoms with Crippen molar-refractivity contribution in [3.05, 3.63) is 34.9 Å². The minimum atomic E-state index is -3.08. The molecule has 2 saturated heterocycles. The average Bonchev–Trinajstić information content (AvgIpc) is 2.88. The van der Waals surface area contributed by atoms with Crippen LogP contribution in [-0.4, -0.2) is 55.3 Å². The van der Waals surface area contributed by atoms with Gasteiger partial charge < -0.3 is 10.2 Å². The number of nitrogens with zero attached hydrogens (tertiary/aromatic N) is 1. The van der Waals surface area contributed by atoms with Gasteiger partial charge in [0.1, 0.15) is 0 Å². The number of nitrogens with one attached hydrogen (secondary N) is 1. The molecule has 0 saturated carbocycles. The van der Waals surface area contributed by atoms with Crippen molar-refractivity contribution in [3.63, 3.8) is 0 Å². The highest BCUT2D eigenvalue weighted by molar-refractivity contribution is 7.91. The summed E-state index contributed by atoms with van der Waals surface area (Å²) >= 11 is 5.86. The molecular formula is C18H23ClN2O4S. The molecule has 2 fully saturated rings. The van der Waals surface area contributed by atoms with Crippen LogP contribution in [0.4, 0.5) is 0 Å². The molecule has 8 heteroatoms. The topological polar surface area (TPSA) is 83.6 Å². The summed E-state index contributed by atoms with van der Waals surface area (Å²) in [5.74, 6) is -0.520. The number of benzene rings is 1. The Morgan fingerprint density at radius 2 is 1.96 bits per heavy atom. The van der Waals surface area contributed by atoms with Crippen molar-refractivity contribution in [2.45, 2.75) is 31.7 Å². The summed E-state index contributed by atoms with van der Waals surface area (Å²) in [6.07, 6.45) is 1.87. The van der Waals surface area contributed by atoms with Gasteiger partial charge in [-0.05, 0) is 50.5 Å². The first-order chi connectivity index (χ1) is 12.2. The zero-order valence-electron chi connectivity index (χ0n) is 14.7. The number of sulfone groups is 1. The van der Waals surface area contributed by atoms with Gasteiger partial charge in [-0.3, -0.25) is 9.59 Å². The van der Waals surface area contributed by atoms with Crippen molar-refractivity contribution in [3.8, 4) is 0 Å². The number of halogens is 1. The largest absolute Gasteiger partial charge is 0.350 e. The normalized spacial score (nSPS) is 27.9. The number of rotatable bonds is 3. The molecule has 26 heavy (non-hydrogen) atoms. The predicted octanol–water partition coefficient (Wildman–Crippen LogP) is 1.89. The van der Waals surface area contributed by atoms with Crippen LogP contribution in [0, 0.1) is 5.92 Å². The van der Waals surface area contributed by atoms with Crippen LogP contribution < -0.4 is 5.32 Å². The Morgan fingerprint density at radius 3 is 2.58 bits per heavy atom. The molecule has 1 aromatic carbocycles. The molecule has 1 aromatic rings. The van der Waals surface area contributed by atoms with Gasteiger partial charge in [0.05, 0.1) is 23.0 Å². The first-order valence-corrected chi connectivity index (χ1v) is 10.9. The van der Waals surface area contributed by atoms with Crippen LogP contribution in [0.3, 0.4) is 0 Å². The lowest BCUT2D eigenvalue weighted by Gasteiger charge is -2.34. The molecule has 0 spiro atoms. The molecule has 3 rings (SSSR count). The second-order valence-electron chi connectivity index (χ2n) is 7.49. The monoisotopic (exact) mass is 398 g/mol. The summed E-state index contributed by atoms with van der Waals surface area (Å²) in [6.45, 7) is 2.72. The Kier molecular flexibility index (Phi) is 5.30. The van der Waals surface area contributed by atoms with Gasteiger partial charge in [0.15, 0.2) is 9.84 Å². The Hall–Kier alpha value is -1.60. The maximum atomic E-state index is 12.7. The van der Waals surface area contributed by atoms with Crippen LogP contribution >= 0.6 is 11.6 Å². The first-order valence-electron chi connectivity index (χ1n) is 8.75. The highest BCUT2D eigenvalue weighted by Gasteiger charge is 2.41. The van der Waals surface area contributed by atoms with Gasteiger partial charge >= 0.3 is 0 Å². The van der Waals surface area contributed by atoms with E-state index in [1.807, 2.05) is 0 Å². The van der Waals surface area contributed by atoms with E-state index < -0.39 is 15.4 Å². The highest BCUT2D eigenvalue weighted by Crippen LogP contribution is 2.25. The van der Waals surface area contributed by atoms with Crippen molar-refractivity contribution in [1.29, 1.82) is 0 Å². The molecule has 142 valence electrons. The molecule has 2 amide bonds. The fourth-order valence-corrected chi connectivity index (χ4v) is 5.88. The van der Waals surface area contributed by atoms with Crippen LogP contribution in [0.25, 0.3) is 0 Å². The van der Waals surface area contributed by atoms with Crippen molar-refractivity contribution < 1.29 is 18.0 Å². The van der Waals surface area contributed by atoms with E-state index in [4.69, 9.17) is 11.6 Å². The van der Waals surface area contributed by atoms with Crippen molar-refractivity contribution in [2.75, 3.05) is 24.6 Å². The van der Waals surface area contributed by atoms with Crippen LogP contribution in [0.15, 0.2) is 24.3 Å². The summed E-state index contributed by atoms with van der Waals surface area (Å²) in [5.41, 5.74) is -0.164. The molecule has 2 atom stereocenters. The molecule has 6 nitrogen and oxygen atoms in total. The van der Waals surface area contributed by atoms with E-state index in [-0.39, 0.29) is 29.2 Å². The van der Waals surface area contributed by atoms with Crippen molar-refractivity contribution >= 4 is 33.3 Å². The number of piperidine rings is 1. The number of hydrogen-bond acceptors (Lipinski definition) is 4. The molecule has 2 heterocycles. The summed E-state index contributed by atoms with van der Waals surface area (Å²) in [6, 6.07) is 6.70. The maximum absolute atomic E-state index is 12.7. The molecule has 0 aliphatic carbocycles. The Bertz CT molecular complexity index is 809. The van der Waals surface area contributed by atoms with Gasteiger partial charge in [-0.2, -0.15) is 0 Å². The van der Waals surface area contributed by atoms with E-state index in [2.05, 4.69) is 5.32 Å². The Labute approximate surface area is 158 Å². The molecule has 0 radical (unpaired) electrons. The van der Waals surface area contributed by atoms with E-state index in [0.29, 0.717) is 36.5 Å². The van der Waals surface area contributed by atoms with E-state index in [1.54, 1.807) is 36.1 Å². The van der Waals surface area contributed by atoms with Gasteiger partial charge in [-0.25, -0.2) is 8.42 Å². The van der Waals surface area contributed by atoms with E-state index in [1.165, 1.54) is 0 Å². The fraction of sp³-hybridized carbons (Fsp3) is 0.556. The average molecular weight is 399 g/mol. The minimum Gasteiger partial charge on any atom is -0.350 e. The third-order valence-electron chi connectivity index (χ3n) is 5.10. The second kappa shape index (κ2) is 7.19. The predicted molar refractivity (Wildman–Crippen MR) is 99.9 cm³/mol. The number of carbonyl (C=O) groups excluding carboxylic acids is 2. The Balaban J connectivity index is 1.63. The van der Waals surface area contributed by atoms with Crippen LogP contribution in [0.2, 0.25) is 5.02 Å². The lowest BCUT2D eigenvalue weighted by molar-refractivity contribution is -0.127. The van der Waals surface area contributed by atoms with E-state index in [0.717, 1.165) is 6.42 Å². The Morgan fingerprint density at radius 1 is 1.27 bits per heavy atom.